The van der Waals surface area contributed by atoms with Crippen molar-refractivity contribution < 1.29 is 14.3 Å². The Labute approximate surface area is 67.7 Å². The molecule has 0 N–H and O–H groups in total. The van der Waals surface area contributed by atoms with E-state index in [1.807, 2.05) is 13.8 Å². The fraction of sp³-hybridized carbons (Fsp3) is 0.875. The third-order valence-electron chi connectivity index (χ3n) is 1.34. The van der Waals surface area contributed by atoms with Gasteiger partial charge in [0.25, 0.3) is 0 Å². The van der Waals surface area contributed by atoms with Crippen LogP contribution < -0.4 is 0 Å². The van der Waals surface area contributed by atoms with Gasteiger partial charge in [-0.05, 0) is 12.8 Å². The van der Waals surface area contributed by atoms with E-state index in [4.69, 9.17) is 4.74 Å². The van der Waals surface area contributed by atoms with Crippen molar-refractivity contribution in [2.75, 3.05) is 13.2 Å². The molecule has 0 aromatic carbocycles. The lowest BCUT2D eigenvalue weighted by Crippen LogP contribution is -2.18. The number of carbonyl (C=O) groups excluding carboxylic acids is 1. The Balaban J connectivity index is 3.32. The lowest BCUT2D eigenvalue weighted by atomic mass is 10.3. The molecule has 1 atom stereocenters. The van der Waals surface area contributed by atoms with Crippen molar-refractivity contribution >= 4 is 6.47 Å². The third kappa shape index (κ3) is 5.85. The minimum absolute atomic E-state index is 0.0383. The molecule has 0 aromatic heterocycles. The van der Waals surface area contributed by atoms with Gasteiger partial charge < -0.3 is 9.47 Å². The molecule has 0 fully saturated rings. The van der Waals surface area contributed by atoms with Crippen LogP contribution in [-0.4, -0.2) is 25.8 Å². The average molecular weight is 159 g/mol. The summed E-state index contributed by atoms with van der Waals surface area (Å²) in [7, 11) is 0. The van der Waals surface area contributed by atoms with Crippen molar-refractivity contribution in [2.24, 2.45) is 0 Å². The zero-order valence-electron chi connectivity index (χ0n) is 7.13. The number of ether oxygens (including phenoxy) is 2. The highest BCUT2D eigenvalue weighted by atomic mass is 16.6. The zero-order valence-corrected chi connectivity index (χ0v) is 7.13. The monoisotopic (exact) mass is 159 g/mol. The Morgan fingerprint density at radius 2 is 2.18 bits per heavy atom. The number of rotatable bonds is 7. The topological polar surface area (TPSA) is 35.5 Å². The third-order valence-corrected chi connectivity index (χ3v) is 1.34. The van der Waals surface area contributed by atoms with E-state index in [-0.39, 0.29) is 6.10 Å². The maximum absolute atomic E-state index is 9.70. The second-order valence-electron chi connectivity index (χ2n) is 2.30. The predicted octanol–water partition coefficient (Wildman–Crippen LogP) is 1.28. The molecule has 0 aliphatic carbocycles. The van der Waals surface area contributed by atoms with Gasteiger partial charge in [-0.25, -0.2) is 4.79 Å². The zero-order chi connectivity index (χ0) is 8.53. The van der Waals surface area contributed by atoms with E-state index in [0.717, 1.165) is 19.4 Å². The van der Waals surface area contributed by atoms with E-state index in [0.29, 0.717) is 6.61 Å². The van der Waals surface area contributed by atoms with Crippen LogP contribution >= 0.6 is 0 Å². The summed E-state index contributed by atoms with van der Waals surface area (Å²) < 4.78 is 9.79. The normalized spacial score (nSPS) is 12.5. The molecule has 0 aliphatic rings. The van der Waals surface area contributed by atoms with Crippen molar-refractivity contribution in [1.29, 1.82) is 0 Å². The van der Waals surface area contributed by atoms with Gasteiger partial charge in [0.2, 0.25) is 0 Å². The largest absolute Gasteiger partial charge is 0.455 e. The van der Waals surface area contributed by atoms with Gasteiger partial charge >= 0.3 is 6.47 Å². The fourth-order valence-electron chi connectivity index (χ4n) is 0.695. The molecule has 0 saturated heterocycles. The van der Waals surface area contributed by atoms with Gasteiger partial charge in [0.15, 0.2) is 0 Å². The van der Waals surface area contributed by atoms with E-state index in [9.17, 15) is 4.79 Å². The molecule has 0 rings (SSSR count). The van der Waals surface area contributed by atoms with Crippen LogP contribution in [0.1, 0.15) is 26.7 Å². The summed E-state index contributed by atoms with van der Waals surface area (Å²) in [4.78, 5) is 9.70. The summed E-state index contributed by atoms with van der Waals surface area (Å²) in [6, 6.07) is 0. The summed E-state index contributed by atoms with van der Waals surface area (Å²) in [5.74, 6) is 0. The number of hydrogen-bond donors (Lipinski definition) is 0. The highest BCUT2D eigenvalue weighted by molar-refractivity contribution is 5.38. The quantitative estimate of drug-likeness (QED) is 0.561. The van der Waals surface area contributed by atoms with Gasteiger partial charge in [-0.2, -0.15) is 0 Å². The summed E-state index contributed by atoms with van der Waals surface area (Å²) in [6.45, 7) is 6.46. The molecule has 0 saturated carbocycles. The SMILES string of the molecule is CCCOC(CC)CO[C]=O. The van der Waals surface area contributed by atoms with Crippen molar-refractivity contribution in [2.45, 2.75) is 32.8 Å². The van der Waals surface area contributed by atoms with Gasteiger partial charge in [-0.3, -0.25) is 0 Å². The summed E-state index contributed by atoms with van der Waals surface area (Å²) in [6.07, 6.45) is 1.89. The lowest BCUT2D eigenvalue weighted by molar-refractivity contribution is 0.0145. The van der Waals surface area contributed by atoms with E-state index in [1.165, 1.54) is 6.47 Å². The minimum atomic E-state index is 0.0383. The molecule has 0 bridgehead atoms. The second kappa shape index (κ2) is 7.54. The first kappa shape index (κ1) is 10.4. The Kier molecular flexibility index (Phi) is 7.15. The molecule has 0 aliphatic heterocycles. The first-order valence-electron chi connectivity index (χ1n) is 3.95. The van der Waals surface area contributed by atoms with Gasteiger partial charge in [-0.1, -0.05) is 13.8 Å². The van der Waals surface area contributed by atoms with Gasteiger partial charge in [0, 0.05) is 6.61 Å². The van der Waals surface area contributed by atoms with Crippen LogP contribution in [0.3, 0.4) is 0 Å². The van der Waals surface area contributed by atoms with Crippen LogP contribution in [0.25, 0.3) is 0 Å². The van der Waals surface area contributed by atoms with Crippen molar-refractivity contribution in [3.05, 3.63) is 0 Å². The lowest BCUT2D eigenvalue weighted by Gasteiger charge is -2.13. The van der Waals surface area contributed by atoms with Crippen molar-refractivity contribution in [3.8, 4) is 0 Å². The fourth-order valence-corrected chi connectivity index (χ4v) is 0.695. The molecular weight excluding hydrogens is 144 g/mol. The highest BCUT2D eigenvalue weighted by Crippen LogP contribution is 1.98. The molecule has 0 amide bonds. The van der Waals surface area contributed by atoms with Crippen molar-refractivity contribution in [3.63, 3.8) is 0 Å². The molecule has 3 heteroatoms. The minimum Gasteiger partial charge on any atom is -0.455 e. The van der Waals surface area contributed by atoms with E-state index in [2.05, 4.69) is 4.74 Å². The second-order valence-corrected chi connectivity index (χ2v) is 2.30. The molecule has 65 valence electrons. The van der Waals surface area contributed by atoms with Crippen LogP contribution in [0.5, 0.6) is 0 Å². The van der Waals surface area contributed by atoms with Crippen LogP contribution in [0.2, 0.25) is 0 Å². The smallest absolute Gasteiger partial charge is 0.417 e. The maximum atomic E-state index is 9.70. The van der Waals surface area contributed by atoms with Gasteiger partial charge in [0.1, 0.15) is 6.61 Å². The van der Waals surface area contributed by atoms with E-state index < -0.39 is 0 Å². The Hall–Kier alpha value is -0.570. The van der Waals surface area contributed by atoms with Crippen LogP contribution in [0.15, 0.2) is 0 Å². The predicted molar refractivity (Wildman–Crippen MR) is 42.0 cm³/mol. The summed E-state index contributed by atoms with van der Waals surface area (Å²) in [5.41, 5.74) is 0. The first-order valence-corrected chi connectivity index (χ1v) is 3.95. The molecule has 0 heterocycles. The van der Waals surface area contributed by atoms with Crippen molar-refractivity contribution in [1.82, 2.24) is 0 Å². The Bertz CT molecular complexity index is 93.3. The molecule has 1 unspecified atom stereocenters. The Morgan fingerprint density at radius 1 is 1.45 bits per heavy atom. The standard InChI is InChI=1S/C8H15O3/c1-3-5-11-8(4-2)6-10-7-9/h8H,3-6H2,1-2H3. The average Bonchev–Trinajstić information content (AvgIpc) is 2.05. The van der Waals surface area contributed by atoms with E-state index in [1.54, 1.807) is 0 Å². The molecule has 3 nitrogen and oxygen atoms in total. The van der Waals surface area contributed by atoms with Crippen LogP contribution in [-0.2, 0) is 14.3 Å². The first-order chi connectivity index (χ1) is 5.35. The summed E-state index contributed by atoms with van der Waals surface area (Å²) in [5, 5.41) is 0. The molecule has 0 spiro atoms. The van der Waals surface area contributed by atoms with Gasteiger partial charge in [0.05, 0.1) is 6.10 Å². The maximum Gasteiger partial charge on any atom is 0.417 e. The molecular formula is C8H15O3. The van der Waals surface area contributed by atoms with Crippen LogP contribution in [0.4, 0.5) is 0 Å². The highest BCUT2D eigenvalue weighted by Gasteiger charge is 2.05. The van der Waals surface area contributed by atoms with Gasteiger partial charge in [-0.15, -0.1) is 0 Å². The molecule has 1 radical (unpaired) electrons. The Morgan fingerprint density at radius 3 is 2.64 bits per heavy atom. The summed E-state index contributed by atoms with van der Waals surface area (Å²) >= 11 is 0. The number of hydrogen-bond acceptors (Lipinski definition) is 3. The molecule has 11 heavy (non-hydrogen) atoms. The molecule has 0 aromatic rings. The van der Waals surface area contributed by atoms with E-state index >= 15 is 0 Å². The van der Waals surface area contributed by atoms with Crippen LogP contribution in [0, 0.1) is 0 Å².